The summed E-state index contributed by atoms with van der Waals surface area (Å²) in [5.41, 5.74) is 0.698. The van der Waals surface area contributed by atoms with E-state index >= 15 is 0 Å². The zero-order valence-electron chi connectivity index (χ0n) is 21.4. The topological polar surface area (TPSA) is 105 Å². The van der Waals surface area contributed by atoms with E-state index in [0.29, 0.717) is 17.7 Å². The van der Waals surface area contributed by atoms with Crippen molar-refractivity contribution in [3.8, 4) is 11.5 Å². The molecule has 36 heavy (non-hydrogen) atoms. The number of ether oxygens (including phenoxy) is 2. The first kappa shape index (κ1) is 28.9. The van der Waals surface area contributed by atoms with Crippen molar-refractivity contribution < 1.29 is 31.9 Å². The van der Waals surface area contributed by atoms with Crippen molar-refractivity contribution in [1.29, 1.82) is 0 Å². The molecule has 0 unspecified atom stereocenters. The summed E-state index contributed by atoms with van der Waals surface area (Å²) in [5.74, 6) is -0.850. The van der Waals surface area contributed by atoms with Crippen LogP contribution in [0.3, 0.4) is 0 Å². The molecule has 0 aliphatic heterocycles. The van der Waals surface area contributed by atoms with Gasteiger partial charge in [-0.1, -0.05) is 19.1 Å². The third-order valence-electron chi connectivity index (χ3n) is 5.77. The molecule has 0 spiro atoms. The molecule has 2 atom stereocenters. The van der Waals surface area contributed by atoms with Gasteiger partial charge in [-0.05, 0) is 50.1 Å². The van der Waals surface area contributed by atoms with Crippen molar-refractivity contribution in [2.75, 3.05) is 31.3 Å². The summed E-state index contributed by atoms with van der Waals surface area (Å²) in [5, 5.41) is 2.85. The van der Waals surface area contributed by atoms with E-state index in [-0.39, 0.29) is 29.9 Å². The Balaban J connectivity index is 2.47. The van der Waals surface area contributed by atoms with E-state index in [1.54, 1.807) is 13.0 Å². The fourth-order valence-corrected chi connectivity index (χ4v) is 4.27. The molecular weight excluding hydrogens is 489 g/mol. The minimum atomic E-state index is -3.95. The number of carbonyl (C=O) groups is 2. The highest BCUT2D eigenvalue weighted by atomic mass is 32.2. The van der Waals surface area contributed by atoms with Gasteiger partial charge in [0, 0.05) is 18.7 Å². The molecular formula is C25H34FN3O6S. The summed E-state index contributed by atoms with van der Waals surface area (Å²) in [6.45, 7) is 4.71. The molecule has 2 amide bonds. The maximum Gasteiger partial charge on any atom is 0.244 e. The van der Waals surface area contributed by atoms with Gasteiger partial charge < -0.3 is 19.7 Å². The smallest absolute Gasteiger partial charge is 0.244 e. The molecule has 0 aromatic heterocycles. The minimum Gasteiger partial charge on any atom is -0.497 e. The number of nitrogens with one attached hydrogen (secondary N) is 1. The highest BCUT2D eigenvalue weighted by Gasteiger charge is 2.31. The van der Waals surface area contributed by atoms with Crippen LogP contribution >= 0.6 is 0 Å². The van der Waals surface area contributed by atoms with E-state index < -0.39 is 34.3 Å². The lowest BCUT2D eigenvalue weighted by Gasteiger charge is -2.32. The van der Waals surface area contributed by atoms with Crippen molar-refractivity contribution in [2.24, 2.45) is 0 Å². The predicted octanol–water partition coefficient (Wildman–Crippen LogP) is 2.94. The van der Waals surface area contributed by atoms with Crippen LogP contribution < -0.4 is 19.1 Å². The van der Waals surface area contributed by atoms with Crippen LogP contribution in [-0.2, 0) is 26.2 Å². The molecule has 0 aliphatic carbocycles. The number of amides is 2. The van der Waals surface area contributed by atoms with Gasteiger partial charge in [-0.25, -0.2) is 12.8 Å². The van der Waals surface area contributed by atoms with E-state index in [4.69, 9.17) is 9.47 Å². The quantitative estimate of drug-likeness (QED) is 0.459. The van der Waals surface area contributed by atoms with Gasteiger partial charge in [-0.3, -0.25) is 13.9 Å². The van der Waals surface area contributed by atoms with Crippen LogP contribution in [0.1, 0.15) is 32.8 Å². The molecule has 2 aromatic rings. The normalized spacial score (nSPS) is 12.9. The summed E-state index contributed by atoms with van der Waals surface area (Å²) in [7, 11) is -1.13. The number of anilines is 1. The van der Waals surface area contributed by atoms with Gasteiger partial charge in [0.1, 0.15) is 29.9 Å². The van der Waals surface area contributed by atoms with Crippen molar-refractivity contribution in [1.82, 2.24) is 10.2 Å². The highest BCUT2D eigenvalue weighted by molar-refractivity contribution is 7.92. The van der Waals surface area contributed by atoms with E-state index in [2.05, 4.69) is 5.32 Å². The van der Waals surface area contributed by atoms with Crippen molar-refractivity contribution in [2.45, 2.75) is 45.8 Å². The Morgan fingerprint density at radius 3 is 2.22 bits per heavy atom. The number of sulfonamides is 1. The van der Waals surface area contributed by atoms with Gasteiger partial charge in [0.25, 0.3) is 0 Å². The van der Waals surface area contributed by atoms with Crippen LogP contribution in [0.2, 0.25) is 0 Å². The number of hydrogen-bond acceptors (Lipinski definition) is 6. The molecule has 0 aliphatic rings. The molecule has 0 heterocycles. The number of carbonyl (C=O) groups excluding carboxylic acids is 2. The van der Waals surface area contributed by atoms with Crippen LogP contribution in [0.25, 0.3) is 0 Å². The van der Waals surface area contributed by atoms with Gasteiger partial charge in [-0.15, -0.1) is 0 Å². The van der Waals surface area contributed by atoms with Gasteiger partial charge in [0.2, 0.25) is 21.8 Å². The Morgan fingerprint density at radius 1 is 1.06 bits per heavy atom. The van der Waals surface area contributed by atoms with Crippen molar-refractivity contribution in [3.63, 3.8) is 0 Å². The minimum absolute atomic E-state index is 0.0267. The lowest BCUT2D eigenvalue weighted by atomic mass is 10.1. The molecule has 1 N–H and O–H groups in total. The number of rotatable bonds is 12. The predicted molar refractivity (Wildman–Crippen MR) is 136 cm³/mol. The monoisotopic (exact) mass is 523 g/mol. The second-order valence-electron chi connectivity index (χ2n) is 8.45. The zero-order chi connectivity index (χ0) is 27.0. The first-order valence-electron chi connectivity index (χ1n) is 11.4. The number of halogens is 1. The zero-order valence-corrected chi connectivity index (χ0v) is 22.3. The average molecular weight is 524 g/mol. The Bertz CT molecular complexity index is 1160. The third-order valence-corrected chi connectivity index (χ3v) is 6.89. The van der Waals surface area contributed by atoms with Crippen LogP contribution in [0.15, 0.2) is 42.5 Å². The Hall–Kier alpha value is -3.34. The lowest BCUT2D eigenvalue weighted by molar-refractivity contribution is -0.139. The van der Waals surface area contributed by atoms with E-state index in [1.165, 1.54) is 55.5 Å². The molecule has 2 rings (SSSR count). The number of nitrogens with zero attached hydrogens (tertiary/aromatic N) is 2. The third kappa shape index (κ3) is 7.58. The molecule has 0 fully saturated rings. The molecule has 0 radical (unpaired) electrons. The summed E-state index contributed by atoms with van der Waals surface area (Å²) in [6, 6.07) is 9.08. The van der Waals surface area contributed by atoms with E-state index in [9.17, 15) is 22.4 Å². The maximum absolute atomic E-state index is 13.6. The molecule has 0 saturated carbocycles. The molecule has 2 aromatic carbocycles. The van der Waals surface area contributed by atoms with Crippen molar-refractivity contribution in [3.05, 3.63) is 53.8 Å². The van der Waals surface area contributed by atoms with E-state index in [0.717, 1.165) is 10.6 Å². The summed E-state index contributed by atoms with van der Waals surface area (Å²) >= 11 is 0. The first-order valence-corrected chi connectivity index (χ1v) is 13.3. The van der Waals surface area contributed by atoms with Crippen LogP contribution in [0.4, 0.5) is 10.1 Å². The maximum atomic E-state index is 13.6. The standard InChI is InChI=1S/C25H34FN3O6S/c1-7-17(2)27-25(31)18(3)28(15-19-8-10-20(26)11-9-19)24(30)16-29(36(6,32)33)22-14-21(34-4)12-13-23(22)35-5/h8-14,17-18H,7,15-16H2,1-6H3,(H,27,31)/t17-,18-/m0/s1. The average Bonchev–Trinajstić information content (AvgIpc) is 2.85. The fourth-order valence-electron chi connectivity index (χ4n) is 3.42. The summed E-state index contributed by atoms with van der Waals surface area (Å²) < 4.78 is 50.5. The number of methoxy groups -OCH3 is 2. The lowest BCUT2D eigenvalue weighted by Crippen LogP contribution is -2.52. The SMILES string of the molecule is CC[C@H](C)NC(=O)[C@H](C)N(Cc1ccc(F)cc1)C(=O)CN(c1cc(OC)ccc1OC)S(C)(=O)=O. The second kappa shape index (κ2) is 12.6. The number of hydrogen-bond donors (Lipinski definition) is 1. The second-order valence-corrected chi connectivity index (χ2v) is 10.4. The van der Waals surface area contributed by atoms with Gasteiger partial charge >= 0.3 is 0 Å². The van der Waals surface area contributed by atoms with Crippen LogP contribution in [0, 0.1) is 5.82 Å². The molecule has 11 heteroatoms. The fraction of sp³-hybridized carbons (Fsp3) is 0.440. The Labute approximate surface area is 212 Å². The van der Waals surface area contributed by atoms with Gasteiger partial charge in [0.05, 0.1) is 26.2 Å². The van der Waals surface area contributed by atoms with E-state index in [1.807, 2.05) is 13.8 Å². The summed E-state index contributed by atoms with van der Waals surface area (Å²) in [6.07, 6.45) is 1.67. The summed E-state index contributed by atoms with van der Waals surface area (Å²) in [4.78, 5) is 27.8. The Kier molecular flexibility index (Phi) is 10.1. The van der Waals surface area contributed by atoms with Crippen LogP contribution in [-0.4, -0.2) is 64.2 Å². The van der Waals surface area contributed by atoms with Crippen LogP contribution in [0.5, 0.6) is 11.5 Å². The molecule has 0 saturated heterocycles. The van der Waals surface area contributed by atoms with Crippen molar-refractivity contribution >= 4 is 27.5 Å². The number of benzene rings is 2. The molecule has 9 nitrogen and oxygen atoms in total. The highest BCUT2D eigenvalue weighted by Crippen LogP contribution is 2.34. The largest absolute Gasteiger partial charge is 0.497 e. The van der Waals surface area contributed by atoms with Gasteiger partial charge in [-0.2, -0.15) is 0 Å². The molecule has 0 bridgehead atoms. The Morgan fingerprint density at radius 2 is 1.69 bits per heavy atom. The van der Waals surface area contributed by atoms with Gasteiger partial charge in [0.15, 0.2) is 0 Å². The molecule has 198 valence electrons. The first-order chi connectivity index (χ1) is 16.9.